The first-order valence-electron chi connectivity index (χ1n) is 24.7. The molecule has 2 aromatic heterocycles. The molecule has 0 unspecified atom stereocenters. The van der Waals surface area contributed by atoms with Gasteiger partial charge in [0, 0.05) is 57.0 Å². The van der Waals surface area contributed by atoms with E-state index < -0.39 is 6.85 Å². The molecule has 0 spiro atoms. The van der Waals surface area contributed by atoms with Crippen molar-refractivity contribution >= 4 is 50.6 Å². The topological polar surface area (TPSA) is 56.9 Å². The molecular formula is C62H57N5O+2. The number of hydrogen-bond donors (Lipinski definition) is 0. The molecule has 7 aromatic carbocycles. The van der Waals surface area contributed by atoms with Crippen molar-refractivity contribution in [2.24, 2.45) is 0 Å². The summed E-state index contributed by atoms with van der Waals surface area (Å²) in [6.07, 6.45) is 1.60. The predicted molar refractivity (Wildman–Crippen MR) is 282 cm³/mol. The number of fused-ring (bicyclic) bond motifs is 4. The van der Waals surface area contributed by atoms with Gasteiger partial charge in [-0.2, -0.15) is 5.26 Å². The van der Waals surface area contributed by atoms with Crippen LogP contribution >= 0.6 is 0 Å². The molecule has 0 amide bonds. The third-order valence-electron chi connectivity index (χ3n) is 13.0. The van der Waals surface area contributed by atoms with Gasteiger partial charge in [-0.25, -0.2) is 4.98 Å². The van der Waals surface area contributed by atoms with Crippen molar-refractivity contribution in [3.05, 3.63) is 192 Å². The Morgan fingerprint density at radius 1 is 0.574 bits per heavy atom. The minimum Gasteiger partial charge on any atom is -0.457 e. The fourth-order valence-electron chi connectivity index (χ4n) is 9.16. The summed E-state index contributed by atoms with van der Waals surface area (Å²) in [5.74, 6) is 1.69. The number of hydrogen-bond acceptors (Lipinski definition) is 3. The van der Waals surface area contributed by atoms with Crippen LogP contribution in [0, 0.1) is 18.2 Å². The molecule has 0 N–H and O–H groups in total. The second-order valence-electron chi connectivity index (χ2n) is 21.0. The Labute approximate surface area is 404 Å². The molecule has 6 heteroatoms. The molecule has 0 atom stereocenters. The maximum atomic E-state index is 9.60. The van der Waals surface area contributed by atoms with Gasteiger partial charge in [0.1, 0.15) is 17.3 Å². The fourth-order valence-corrected chi connectivity index (χ4v) is 9.16. The van der Waals surface area contributed by atoms with Crippen LogP contribution < -0.4 is 13.9 Å². The van der Waals surface area contributed by atoms with Crippen LogP contribution in [0.25, 0.3) is 49.9 Å². The highest BCUT2D eigenvalue weighted by Crippen LogP contribution is 2.46. The van der Waals surface area contributed by atoms with Crippen LogP contribution in [0.5, 0.6) is 11.5 Å². The van der Waals surface area contributed by atoms with Crippen LogP contribution in [0.1, 0.15) is 94.2 Å². The Balaban J connectivity index is 1.10. The third kappa shape index (κ3) is 8.10. The molecular weight excluding hydrogens is 831 g/mol. The van der Waals surface area contributed by atoms with Crippen LogP contribution in [-0.2, 0) is 16.2 Å². The van der Waals surface area contributed by atoms with Gasteiger partial charge in [0.2, 0.25) is 11.4 Å². The molecule has 3 heterocycles. The summed E-state index contributed by atoms with van der Waals surface area (Å²) in [6.45, 7) is 17.9. The molecule has 0 radical (unpaired) electrons. The minimum absolute atomic E-state index is 0.0266. The highest BCUT2D eigenvalue weighted by Gasteiger charge is 2.40. The number of benzene rings is 7. The Bertz CT molecular complexity index is 3700. The number of pyridine rings is 1. The van der Waals surface area contributed by atoms with E-state index in [1.807, 2.05) is 59.2 Å². The van der Waals surface area contributed by atoms with Crippen LogP contribution in [0.3, 0.4) is 0 Å². The molecule has 9 aromatic rings. The lowest BCUT2D eigenvalue weighted by atomic mass is 9.80. The van der Waals surface area contributed by atoms with Crippen LogP contribution in [0.15, 0.2) is 164 Å². The molecule has 1 aliphatic heterocycles. The summed E-state index contributed by atoms with van der Waals surface area (Å²) < 4.78 is 38.9. The highest BCUT2D eigenvalue weighted by molar-refractivity contribution is 6.09. The van der Waals surface area contributed by atoms with Gasteiger partial charge in [-0.15, -0.1) is 0 Å². The van der Waals surface area contributed by atoms with Crippen molar-refractivity contribution in [1.29, 1.82) is 5.26 Å². The van der Waals surface area contributed by atoms with Gasteiger partial charge in [0.15, 0.2) is 0 Å². The smallest absolute Gasteiger partial charge is 0.457 e. The van der Waals surface area contributed by atoms with Gasteiger partial charge in [-0.3, -0.25) is 4.57 Å². The summed E-state index contributed by atoms with van der Waals surface area (Å²) in [7, 11) is 0. The quantitative estimate of drug-likeness (QED) is 0.150. The van der Waals surface area contributed by atoms with Crippen LogP contribution in [-0.4, -0.2) is 15.6 Å². The van der Waals surface area contributed by atoms with Crippen molar-refractivity contribution in [2.45, 2.75) is 85.4 Å². The van der Waals surface area contributed by atoms with E-state index in [0.29, 0.717) is 34.0 Å². The number of ether oxygens (including phenoxy) is 1. The Morgan fingerprint density at radius 3 is 1.99 bits per heavy atom. The molecule has 0 fully saturated rings. The SMILES string of the molecule is [2H]C([2H])([2H])c1cc(-n2c3ccccc3c3ccc(Oc4cccc([N+]5=C=[N+](c6cc(C(C)(C)C)cc(C(C)(C)C)c6)c6c(-c7cccc(C(C)(C)C)c7)cccc65)c4)cc32)ncc1-c1cccc(C#N)c1. The summed E-state index contributed by atoms with van der Waals surface area (Å²) in [5, 5.41) is 11.6. The lowest BCUT2D eigenvalue weighted by Gasteiger charge is -2.24. The second-order valence-corrected chi connectivity index (χ2v) is 21.0. The van der Waals surface area contributed by atoms with Crippen molar-refractivity contribution < 1.29 is 8.85 Å². The monoisotopic (exact) mass is 890 g/mol. The second kappa shape index (κ2) is 16.5. The fraction of sp³-hybridized carbons (Fsp3) is 0.210. The average molecular weight is 891 g/mol. The molecule has 0 saturated heterocycles. The van der Waals surface area contributed by atoms with E-state index in [0.717, 1.165) is 55.7 Å². The van der Waals surface area contributed by atoms with Gasteiger partial charge in [-0.1, -0.05) is 135 Å². The normalized spacial score (nSPS) is 13.6. The molecule has 334 valence electrons. The Morgan fingerprint density at radius 2 is 1.25 bits per heavy atom. The van der Waals surface area contributed by atoms with Crippen molar-refractivity contribution in [3.8, 4) is 45.6 Å². The number of rotatable bonds is 7. The van der Waals surface area contributed by atoms with Gasteiger partial charge in [0.05, 0.1) is 34.3 Å². The summed E-state index contributed by atoms with van der Waals surface area (Å²) in [5.41, 5.74) is 13.1. The molecule has 68 heavy (non-hydrogen) atoms. The van der Waals surface area contributed by atoms with Gasteiger partial charge in [0.25, 0.3) is 5.69 Å². The van der Waals surface area contributed by atoms with Gasteiger partial charge in [-0.05, 0) is 114 Å². The largest absolute Gasteiger partial charge is 0.503 e. The zero-order chi connectivity index (χ0) is 50.2. The number of nitrogens with zero attached hydrogens (tertiary/aromatic N) is 5. The van der Waals surface area contributed by atoms with E-state index in [2.05, 4.69) is 156 Å². The number of aryl methyl sites for hydroxylation is 1. The predicted octanol–water partition coefficient (Wildman–Crippen LogP) is 16.2. The first-order chi connectivity index (χ1) is 33.7. The van der Waals surface area contributed by atoms with E-state index in [9.17, 15) is 5.26 Å². The maximum absolute atomic E-state index is 9.60. The molecule has 0 saturated carbocycles. The van der Waals surface area contributed by atoms with Gasteiger partial charge >= 0.3 is 11.7 Å². The van der Waals surface area contributed by atoms with Crippen molar-refractivity contribution in [3.63, 3.8) is 0 Å². The van der Waals surface area contributed by atoms with Crippen LogP contribution in [0.4, 0.5) is 22.7 Å². The summed E-state index contributed by atoms with van der Waals surface area (Å²) in [6, 6.07) is 59.1. The maximum Gasteiger partial charge on any atom is 0.503 e. The highest BCUT2D eigenvalue weighted by atomic mass is 16.5. The van der Waals surface area contributed by atoms with E-state index in [4.69, 9.17) is 13.8 Å². The molecule has 1 aliphatic rings. The van der Waals surface area contributed by atoms with E-state index in [1.54, 1.807) is 36.5 Å². The average Bonchev–Trinajstić information content (AvgIpc) is 3.89. The zero-order valence-corrected chi connectivity index (χ0v) is 40.2. The molecule has 6 nitrogen and oxygen atoms in total. The Kier molecular flexibility index (Phi) is 9.81. The number of nitriles is 1. The van der Waals surface area contributed by atoms with E-state index in [1.165, 1.54) is 16.7 Å². The van der Waals surface area contributed by atoms with E-state index in [-0.39, 0.29) is 21.8 Å². The Hall–Kier alpha value is -7.84. The van der Waals surface area contributed by atoms with E-state index >= 15 is 0 Å². The lowest BCUT2D eigenvalue weighted by molar-refractivity contribution is 0.483. The molecule has 0 bridgehead atoms. The third-order valence-corrected chi connectivity index (χ3v) is 13.0. The number of para-hydroxylation sites is 2. The molecule has 0 aliphatic carbocycles. The number of aromatic nitrogens is 2. The minimum atomic E-state index is -2.46. The van der Waals surface area contributed by atoms with Crippen molar-refractivity contribution in [1.82, 2.24) is 18.7 Å². The zero-order valence-electron chi connectivity index (χ0n) is 43.2. The first-order valence-corrected chi connectivity index (χ1v) is 23.2. The summed E-state index contributed by atoms with van der Waals surface area (Å²) in [4.78, 5) is 4.89. The summed E-state index contributed by atoms with van der Waals surface area (Å²) >= 11 is 0. The first kappa shape index (κ1) is 40.4. The standard InChI is InChI=1S/C62H57N5O/c1-40-29-58(64-38-54(40)42-18-13-17-41(30-42)37-63)67-55-25-12-11-23-52(55)53-28-27-50(36-57(53)67)68-49-22-15-21-47(35-49)65-39-66(48-33-45(61(5,6)7)32-46(34-48)62(8,9)10)59-51(24-16-26-56(59)65)43-19-14-20-44(31-43)60(2,3)4/h11-36,38H,1-10H3/q+2/i1D3. The lowest BCUT2D eigenvalue weighted by Crippen LogP contribution is -2.17. The van der Waals surface area contributed by atoms with Crippen molar-refractivity contribution in [2.75, 3.05) is 0 Å². The van der Waals surface area contributed by atoms with Crippen LogP contribution in [0.2, 0.25) is 0 Å². The molecule has 10 rings (SSSR count). The van der Waals surface area contributed by atoms with Gasteiger partial charge < -0.3 is 4.74 Å².